The molecule has 0 aliphatic rings. The Kier molecular flexibility index (Phi) is 6.24. The van der Waals surface area contributed by atoms with Crippen LogP contribution in [0.2, 0.25) is 0 Å². The maximum Gasteiger partial charge on any atom is 0.323 e. The van der Waals surface area contributed by atoms with Crippen LogP contribution >= 0.6 is 11.8 Å². The van der Waals surface area contributed by atoms with Crippen LogP contribution in [0.1, 0.15) is 32.3 Å². The van der Waals surface area contributed by atoms with Gasteiger partial charge < -0.3 is 15.3 Å². The van der Waals surface area contributed by atoms with E-state index in [1.165, 1.54) is 11.8 Å². The number of nitrogens with one attached hydrogen (secondary N) is 3. The van der Waals surface area contributed by atoms with Crippen LogP contribution in [0.3, 0.4) is 0 Å². The standard InChI is InChI=1S/C27H25N5O3S/c1-15(2)18-8-5-7-11-23(18)32-25(34)19-9-4-6-10-20(19)31-27(32)36-16(3)24(33)28-17-12-13-21-22(14-17)30-26(35)29-21/h4-16H,1-3H3,(H,28,33)(H2,29,30,35). The fraction of sp³-hybridized carbons (Fsp3) is 0.185. The molecule has 3 N–H and O–H groups in total. The predicted molar refractivity (Wildman–Crippen MR) is 144 cm³/mol. The summed E-state index contributed by atoms with van der Waals surface area (Å²) in [5, 5.41) is 3.30. The summed E-state index contributed by atoms with van der Waals surface area (Å²) in [7, 11) is 0. The number of rotatable bonds is 6. The third-order valence-electron chi connectivity index (χ3n) is 5.98. The monoisotopic (exact) mass is 499 g/mol. The summed E-state index contributed by atoms with van der Waals surface area (Å²) in [6.07, 6.45) is 0. The molecular weight excluding hydrogens is 474 g/mol. The van der Waals surface area contributed by atoms with Gasteiger partial charge in [0.15, 0.2) is 5.16 Å². The van der Waals surface area contributed by atoms with E-state index in [1.807, 2.05) is 36.4 Å². The number of aromatic amines is 2. The molecule has 9 heteroatoms. The van der Waals surface area contributed by atoms with Crippen LogP contribution in [-0.4, -0.2) is 30.7 Å². The molecule has 182 valence electrons. The van der Waals surface area contributed by atoms with E-state index in [2.05, 4.69) is 29.1 Å². The molecule has 0 aliphatic heterocycles. The molecule has 8 nitrogen and oxygen atoms in total. The number of H-pyrrole nitrogens is 2. The van der Waals surface area contributed by atoms with E-state index < -0.39 is 5.25 Å². The molecule has 3 aromatic carbocycles. The van der Waals surface area contributed by atoms with E-state index in [0.29, 0.717) is 32.8 Å². The molecule has 1 unspecified atom stereocenters. The Morgan fingerprint density at radius 2 is 1.67 bits per heavy atom. The number of thioether (sulfide) groups is 1. The van der Waals surface area contributed by atoms with Crippen LogP contribution in [0, 0.1) is 0 Å². The summed E-state index contributed by atoms with van der Waals surface area (Å²) in [4.78, 5) is 48.5. The molecule has 0 saturated carbocycles. The highest BCUT2D eigenvalue weighted by molar-refractivity contribution is 8.00. The highest BCUT2D eigenvalue weighted by atomic mass is 32.2. The van der Waals surface area contributed by atoms with Gasteiger partial charge in [0, 0.05) is 5.69 Å². The van der Waals surface area contributed by atoms with E-state index in [4.69, 9.17) is 4.98 Å². The Labute approximate surface area is 210 Å². The van der Waals surface area contributed by atoms with Crippen molar-refractivity contribution in [3.63, 3.8) is 0 Å². The van der Waals surface area contributed by atoms with Crippen LogP contribution in [0.5, 0.6) is 0 Å². The maximum atomic E-state index is 13.7. The molecule has 1 amide bonds. The second kappa shape index (κ2) is 9.50. The number of anilines is 1. The Hall–Kier alpha value is -4.11. The van der Waals surface area contributed by atoms with E-state index >= 15 is 0 Å². The van der Waals surface area contributed by atoms with E-state index in [0.717, 1.165) is 11.3 Å². The van der Waals surface area contributed by atoms with Crippen molar-refractivity contribution in [2.45, 2.75) is 37.1 Å². The van der Waals surface area contributed by atoms with Gasteiger partial charge in [-0.15, -0.1) is 0 Å². The maximum absolute atomic E-state index is 13.7. The zero-order valence-corrected chi connectivity index (χ0v) is 20.8. The number of fused-ring (bicyclic) bond motifs is 2. The van der Waals surface area contributed by atoms with E-state index in [9.17, 15) is 14.4 Å². The molecule has 2 heterocycles. The molecular formula is C27H25N5O3S. The van der Waals surface area contributed by atoms with Crippen LogP contribution in [0.25, 0.3) is 27.6 Å². The minimum atomic E-state index is -0.559. The van der Waals surface area contributed by atoms with Gasteiger partial charge in [-0.25, -0.2) is 9.78 Å². The van der Waals surface area contributed by atoms with Crippen molar-refractivity contribution >= 4 is 45.3 Å². The highest BCUT2D eigenvalue weighted by Gasteiger charge is 2.22. The van der Waals surface area contributed by atoms with Gasteiger partial charge in [-0.05, 0) is 54.8 Å². The molecule has 0 radical (unpaired) electrons. The van der Waals surface area contributed by atoms with Gasteiger partial charge in [0.1, 0.15) is 0 Å². The zero-order valence-electron chi connectivity index (χ0n) is 20.0. The minimum absolute atomic E-state index is 0.175. The Bertz CT molecular complexity index is 1720. The van der Waals surface area contributed by atoms with Crippen LogP contribution in [0.4, 0.5) is 5.69 Å². The lowest BCUT2D eigenvalue weighted by atomic mass is 10.0. The van der Waals surface area contributed by atoms with Crippen molar-refractivity contribution in [3.05, 3.63) is 93.1 Å². The number of nitrogens with zero attached hydrogens (tertiary/aromatic N) is 2. The summed E-state index contributed by atoms with van der Waals surface area (Å²) >= 11 is 1.23. The summed E-state index contributed by atoms with van der Waals surface area (Å²) in [6.45, 7) is 5.93. The van der Waals surface area contributed by atoms with Crippen LogP contribution < -0.4 is 16.6 Å². The van der Waals surface area contributed by atoms with Crippen molar-refractivity contribution in [1.29, 1.82) is 0 Å². The average molecular weight is 500 g/mol. The number of imidazole rings is 1. The number of hydrogen-bond acceptors (Lipinski definition) is 5. The molecule has 0 aliphatic carbocycles. The quantitative estimate of drug-likeness (QED) is 0.230. The molecule has 2 aromatic heterocycles. The molecule has 0 saturated heterocycles. The number of aromatic nitrogens is 4. The first-order valence-corrected chi connectivity index (χ1v) is 12.5. The van der Waals surface area contributed by atoms with Gasteiger partial charge in [0.25, 0.3) is 5.56 Å². The summed E-state index contributed by atoms with van der Waals surface area (Å²) in [6, 6.07) is 20.2. The Morgan fingerprint density at radius 3 is 2.47 bits per heavy atom. The number of amides is 1. The second-order valence-corrected chi connectivity index (χ2v) is 10.2. The van der Waals surface area contributed by atoms with Crippen molar-refractivity contribution in [2.75, 3.05) is 5.32 Å². The van der Waals surface area contributed by atoms with Crippen molar-refractivity contribution in [3.8, 4) is 5.69 Å². The smallest absolute Gasteiger partial charge is 0.323 e. The zero-order chi connectivity index (χ0) is 25.4. The molecule has 0 fully saturated rings. The van der Waals surface area contributed by atoms with E-state index in [1.54, 1.807) is 41.8 Å². The Balaban J connectivity index is 1.52. The summed E-state index contributed by atoms with van der Waals surface area (Å²) in [5.74, 6) is -0.0590. The number of hydrogen-bond donors (Lipinski definition) is 3. The van der Waals surface area contributed by atoms with Crippen molar-refractivity contribution in [2.24, 2.45) is 0 Å². The molecule has 36 heavy (non-hydrogen) atoms. The lowest BCUT2D eigenvalue weighted by Crippen LogP contribution is -2.26. The molecule has 5 rings (SSSR count). The third kappa shape index (κ3) is 4.45. The highest BCUT2D eigenvalue weighted by Crippen LogP contribution is 2.29. The fourth-order valence-corrected chi connectivity index (χ4v) is 5.07. The summed E-state index contributed by atoms with van der Waals surface area (Å²) < 4.78 is 1.61. The first-order valence-electron chi connectivity index (χ1n) is 11.6. The second-order valence-electron chi connectivity index (χ2n) is 8.85. The fourth-order valence-electron chi connectivity index (χ4n) is 4.15. The first-order chi connectivity index (χ1) is 17.3. The Morgan fingerprint density at radius 1 is 0.944 bits per heavy atom. The lowest BCUT2D eigenvalue weighted by molar-refractivity contribution is -0.115. The SMILES string of the molecule is CC(Sc1nc2ccccc2c(=O)n1-c1ccccc1C(C)C)C(=O)Nc1ccc2[nH]c(=O)[nH]c2c1. The third-order valence-corrected chi connectivity index (χ3v) is 7.03. The number of carbonyl (C=O) groups excluding carboxylic acids is 1. The average Bonchev–Trinajstić information content (AvgIpc) is 3.23. The van der Waals surface area contributed by atoms with E-state index in [-0.39, 0.29) is 23.1 Å². The number of para-hydroxylation sites is 2. The summed E-state index contributed by atoms with van der Waals surface area (Å²) in [5.41, 5.74) is 3.70. The molecule has 1 atom stereocenters. The normalized spacial score (nSPS) is 12.3. The molecule has 0 spiro atoms. The van der Waals surface area contributed by atoms with Gasteiger partial charge in [0.05, 0.1) is 32.9 Å². The lowest BCUT2D eigenvalue weighted by Gasteiger charge is -2.19. The van der Waals surface area contributed by atoms with Gasteiger partial charge in [-0.3, -0.25) is 14.2 Å². The molecule has 0 bridgehead atoms. The number of benzene rings is 3. The number of carbonyl (C=O) groups is 1. The van der Waals surface area contributed by atoms with Crippen LogP contribution in [-0.2, 0) is 4.79 Å². The topological polar surface area (TPSA) is 113 Å². The largest absolute Gasteiger partial charge is 0.325 e. The first kappa shape index (κ1) is 23.6. The molecule has 5 aromatic rings. The van der Waals surface area contributed by atoms with Crippen LogP contribution in [0.15, 0.2) is 81.5 Å². The van der Waals surface area contributed by atoms with Gasteiger partial charge in [0.2, 0.25) is 5.91 Å². The van der Waals surface area contributed by atoms with Gasteiger partial charge in [-0.2, -0.15) is 0 Å². The minimum Gasteiger partial charge on any atom is -0.325 e. The van der Waals surface area contributed by atoms with Crippen molar-refractivity contribution in [1.82, 2.24) is 19.5 Å². The predicted octanol–water partition coefficient (Wildman–Crippen LogP) is 4.80. The van der Waals surface area contributed by atoms with Crippen molar-refractivity contribution < 1.29 is 4.79 Å². The van der Waals surface area contributed by atoms with Gasteiger partial charge in [-0.1, -0.05) is 55.9 Å². The van der Waals surface area contributed by atoms with Gasteiger partial charge >= 0.3 is 5.69 Å².